The van der Waals surface area contributed by atoms with Crippen molar-refractivity contribution in [1.82, 2.24) is 0 Å². The van der Waals surface area contributed by atoms with Gasteiger partial charge in [0.2, 0.25) is 0 Å². The lowest BCUT2D eigenvalue weighted by molar-refractivity contribution is 0.155. The largest absolute Gasteiger partial charge is 0.504 e. The number of anilines is 1. The van der Waals surface area contributed by atoms with Crippen LogP contribution in [0.2, 0.25) is 5.02 Å². The van der Waals surface area contributed by atoms with Gasteiger partial charge in [-0.2, -0.15) is 0 Å². The van der Waals surface area contributed by atoms with Gasteiger partial charge in [0.25, 0.3) is 0 Å². The number of para-hydroxylation sites is 1. The maximum atomic E-state index is 11.6. The Kier molecular flexibility index (Phi) is 4.26. The zero-order chi connectivity index (χ0) is 13.7. The van der Waals surface area contributed by atoms with Crippen molar-refractivity contribution in [2.75, 3.05) is 5.32 Å². The second-order valence-electron chi connectivity index (χ2n) is 3.82. The minimum Gasteiger partial charge on any atom is -0.504 e. The van der Waals surface area contributed by atoms with Crippen LogP contribution in [0.3, 0.4) is 0 Å². The number of rotatable bonds is 3. The summed E-state index contributed by atoms with van der Waals surface area (Å²) in [6.07, 6.45) is -0.651. The molecular formula is C14H12ClNO3. The quantitative estimate of drug-likeness (QED) is 0.839. The van der Waals surface area contributed by atoms with E-state index in [1.165, 1.54) is 12.1 Å². The fourth-order valence-corrected chi connectivity index (χ4v) is 1.66. The first-order valence-electron chi connectivity index (χ1n) is 5.62. The second kappa shape index (κ2) is 6.11. The molecule has 0 unspecified atom stereocenters. The highest BCUT2D eigenvalue weighted by Crippen LogP contribution is 2.31. The van der Waals surface area contributed by atoms with Gasteiger partial charge in [-0.3, -0.25) is 5.32 Å². The Morgan fingerprint density at radius 3 is 2.63 bits per heavy atom. The number of nitrogens with one attached hydrogen (secondary N) is 1. The summed E-state index contributed by atoms with van der Waals surface area (Å²) in [6, 6.07) is 14.0. The van der Waals surface area contributed by atoms with E-state index in [1.807, 2.05) is 30.3 Å². The average molecular weight is 278 g/mol. The van der Waals surface area contributed by atoms with Crippen LogP contribution >= 0.6 is 11.6 Å². The van der Waals surface area contributed by atoms with Crippen molar-refractivity contribution < 1.29 is 14.6 Å². The van der Waals surface area contributed by atoms with Crippen LogP contribution in [0.5, 0.6) is 5.75 Å². The summed E-state index contributed by atoms with van der Waals surface area (Å²) < 4.78 is 5.02. The maximum Gasteiger partial charge on any atom is 0.412 e. The van der Waals surface area contributed by atoms with E-state index in [1.54, 1.807) is 6.07 Å². The monoisotopic (exact) mass is 277 g/mol. The first kappa shape index (κ1) is 13.2. The minimum atomic E-state index is -0.651. The van der Waals surface area contributed by atoms with Gasteiger partial charge in [-0.15, -0.1) is 0 Å². The lowest BCUT2D eigenvalue weighted by atomic mass is 10.2. The topological polar surface area (TPSA) is 58.6 Å². The van der Waals surface area contributed by atoms with Crippen molar-refractivity contribution in [1.29, 1.82) is 0 Å². The Morgan fingerprint density at radius 1 is 1.16 bits per heavy atom. The first-order valence-corrected chi connectivity index (χ1v) is 6.00. The minimum absolute atomic E-state index is 0.161. The zero-order valence-electron chi connectivity index (χ0n) is 9.97. The van der Waals surface area contributed by atoms with Crippen molar-refractivity contribution in [2.24, 2.45) is 0 Å². The molecule has 2 N–H and O–H groups in total. The van der Waals surface area contributed by atoms with Gasteiger partial charge in [0, 0.05) is 0 Å². The van der Waals surface area contributed by atoms with E-state index < -0.39 is 6.09 Å². The summed E-state index contributed by atoms with van der Waals surface area (Å²) >= 11 is 5.73. The molecule has 0 bridgehead atoms. The van der Waals surface area contributed by atoms with Crippen LogP contribution in [0.4, 0.5) is 10.5 Å². The van der Waals surface area contributed by atoms with Crippen LogP contribution in [0.25, 0.3) is 0 Å². The zero-order valence-corrected chi connectivity index (χ0v) is 10.7. The van der Waals surface area contributed by atoms with Crippen LogP contribution < -0.4 is 5.32 Å². The van der Waals surface area contributed by atoms with Crippen LogP contribution in [0, 0.1) is 0 Å². The van der Waals surface area contributed by atoms with E-state index in [-0.39, 0.29) is 23.1 Å². The van der Waals surface area contributed by atoms with Crippen molar-refractivity contribution in [3.8, 4) is 5.75 Å². The van der Waals surface area contributed by atoms with Gasteiger partial charge in [-0.05, 0) is 17.7 Å². The summed E-state index contributed by atoms with van der Waals surface area (Å²) in [5.41, 5.74) is 1.10. The summed E-state index contributed by atoms with van der Waals surface area (Å²) in [4.78, 5) is 11.6. The molecular weight excluding hydrogens is 266 g/mol. The molecule has 19 heavy (non-hydrogen) atoms. The molecule has 5 heteroatoms. The molecule has 2 rings (SSSR count). The molecule has 0 spiro atoms. The lowest BCUT2D eigenvalue weighted by Gasteiger charge is -2.09. The standard InChI is InChI=1S/C14H12ClNO3/c15-11-7-4-8-12(13(11)17)16-14(18)19-9-10-5-2-1-3-6-10/h1-8,17H,9H2,(H,16,18). The molecule has 0 aliphatic carbocycles. The van der Waals surface area contributed by atoms with Crippen LogP contribution in [-0.4, -0.2) is 11.2 Å². The van der Waals surface area contributed by atoms with Gasteiger partial charge < -0.3 is 9.84 Å². The summed E-state index contributed by atoms with van der Waals surface area (Å²) in [6.45, 7) is 0.161. The van der Waals surface area contributed by atoms with E-state index in [4.69, 9.17) is 16.3 Å². The van der Waals surface area contributed by atoms with Gasteiger partial charge in [-0.1, -0.05) is 48.0 Å². The molecule has 0 heterocycles. The number of benzene rings is 2. The van der Waals surface area contributed by atoms with Gasteiger partial charge in [0.1, 0.15) is 6.61 Å². The van der Waals surface area contributed by atoms with Crippen molar-refractivity contribution >= 4 is 23.4 Å². The molecule has 0 aromatic heterocycles. The molecule has 1 amide bonds. The summed E-state index contributed by atoms with van der Waals surface area (Å²) in [5, 5.41) is 12.2. The molecule has 0 atom stereocenters. The number of halogens is 1. The molecule has 0 saturated carbocycles. The molecule has 0 saturated heterocycles. The van der Waals surface area contributed by atoms with E-state index in [0.717, 1.165) is 5.56 Å². The number of ether oxygens (including phenoxy) is 1. The predicted octanol–water partition coefficient (Wildman–Crippen LogP) is 3.79. The number of phenols is 1. The van der Waals surface area contributed by atoms with Crippen molar-refractivity contribution in [3.63, 3.8) is 0 Å². The van der Waals surface area contributed by atoms with E-state index in [2.05, 4.69) is 5.32 Å². The molecule has 4 nitrogen and oxygen atoms in total. The Morgan fingerprint density at radius 2 is 1.89 bits per heavy atom. The number of amides is 1. The van der Waals surface area contributed by atoms with Crippen LogP contribution in [0.1, 0.15) is 5.56 Å². The molecule has 2 aromatic rings. The highest BCUT2D eigenvalue weighted by atomic mass is 35.5. The molecule has 0 aliphatic rings. The SMILES string of the molecule is O=C(Nc1cccc(Cl)c1O)OCc1ccccc1. The third-order valence-corrected chi connectivity index (χ3v) is 2.74. The second-order valence-corrected chi connectivity index (χ2v) is 4.23. The van der Waals surface area contributed by atoms with Gasteiger partial charge in [0.15, 0.2) is 5.75 Å². The Balaban J connectivity index is 1.93. The lowest BCUT2D eigenvalue weighted by Crippen LogP contribution is -2.13. The van der Waals surface area contributed by atoms with E-state index in [0.29, 0.717) is 0 Å². The fraction of sp³-hybridized carbons (Fsp3) is 0.0714. The summed E-state index contributed by atoms with van der Waals surface area (Å²) in [7, 11) is 0. The fourth-order valence-electron chi connectivity index (χ4n) is 1.49. The maximum absolute atomic E-state index is 11.6. The number of phenolic OH excluding ortho intramolecular Hbond substituents is 1. The van der Waals surface area contributed by atoms with E-state index >= 15 is 0 Å². The normalized spacial score (nSPS) is 9.95. The third-order valence-electron chi connectivity index (χ3n) is 2.44. The summed E-state index contributed by atoms with van der Waals surface area (Å²) in [5.74, 6) is -0.180. The molecule has 0 radical (unpaired) electrons. The Bertz CT molecular complexity index is 572. The number of aromatic hydroxyl groups is 1. The predicted molar refractivity (Wildman–Crippen MR) is 73.4 cm³/mol. The van der Waals surface area contributed by atoms with Gasteiger partial charge in [0.05, 0.1) is 10.7 Å². The van der Waals surface area contributed by atoms with Crippen molar-refractivity contribution in [2.45, 2.75) is 6.61 Å². The number of hydrogen-bond donors (Lipinski definition) is 2. The highest BCUT2D eigenvalue weighted by molar-refractivity contribution is 6.32. The van der Waals surface area contributed by atoms with Crippen molar-refractivity contribution in [3.05, 3.63) is 59.1 Å². The average Bonchev–Trinajstić information content (AvgIpc) is 2.43. The molecule has 0 fully saturated rings. The number of carbonyl (C=O) groups is 1. The molecule has 0 aliphatic heterocycles. The third kappa shape index (κ3) is 3.63. The highest BCUT2D eigenvalue weighted by Gasteiger charge is 2.09. The molecule has 98 valence electrons. The first-order chi connectivity index (χ1) is 9.16. The van der Waals surface area contributed by atoms with Crippen LogP contribution in [0.15, 0.2) is 48.5 Å². The smallest absolute Gasteiger partial charge is 0.412 e. The number of carbonyl (C=O) groups excluding carboxylic acids is 1. The van der Waals surface area contributed by atoms with E-state index in [9.17, 15) is 9.90 Å². The van der Waals surface area contributed by atoms with Gasteiger partial charge >= 0.3 is 6.09 Å². The molecule has 2 aromatic carbocycles. The number of hydrogen-bond acceptors (Lipinski definition) is 3. The Hall–Kier alpha value is -2.20. The Labute approximate surface area is 115 Å². The van der Waals surface area contributed by atoms with Crippen LogP contribution in [-0.2, 0) is 11.3 Å². The van der Waals surface area contributed by atoms with Gasteiger partial charge in [-0.25, -0.2) is 4.79 Å².